The third-order valence-electron chi connectivity index (χ3n) is 1.11. The minimum Gasteiger partial charge on any atom is -0.396 e. The molecular formula is C8H14N4. The molecule has 0 aliphatic rings. The van der Waals surface area contributed by atoms with Crippen LogP contribution in [-0.2, 0) is 0 Å². The summed E-state index contributed by atoms with van der Waals surface area (Å²) in [5, 5.41) is 1.32. The molecule has 0 amide bonds. The summed E-state index contributed by atoms with van der Waals surface area (Å²) < 4.78 is 0. The van der Waals surface area contributed by atoms with Gasteiger partial charge in [-0.25, -0.2) is 10.8 Å². The lowest BCUT2D eigenvalue weighted by molar-refractivity contribution is 0.432. The molecule has 4 nitrogen and oxygen atoms in total. The van der Waals surface area contributed by atoms with Gasteiger partial charge in [-0.2, -0.15) is 0 Å². The van der Waals surface area contributed by atoms with Crippen molar-refractivity contribution in [1.29, 1.82) is 0 Å². The number of allylic oxidation sites excluding steroid dienone is 2. The zero-order valence-electron chi connectivity index (χ0n) is 7.20. The first-order valence-corrected chi connectivity index (χ1v) is 3.39. The van der Waals surface area contributed by atoms with E-state index in [-0.39, 0.29) is 0 Å². The van der Waals surface area contributed by atoms with Crippen LogP contribution >= 0.6 is 0 Å². The van der Waals surface area contributed by atoms with E-state index in [4.69, 9.17) is 11.6 Å². The van der Waals surface area contributed by atoms with Gasteiger partial charge in [0.1, 0.15) is 0 Å². The molecule has 0 rings (SSSR count). The van der Waals surface area contributed by atoms with Crippen molar-refractivity contribution in [2.24, 2.45) is 16.6 Å². The van der Waals surface area contributed by atoms with Crippen LogP contribution in [0.3, 0.4) is 0 Å². The Hall–Kier alpha value is -1.55. The lowest BCUT2D eigenvalue weighted by Crippen LogP contribution is -2.26. The average molecular weight is 166 g/mol. The second-order valence-corrected chi connectivity index (χ2v) is 2.11. The van der Waals surface area contributed by atoms with Gasteiger partial charge in [0.2, 0.25) is 0 Å². The molecule has 0 radical (unpaired) electrons. The highest BCUT2D eigenvalue weighted by molar-refractivity contribution is 5.71. The summed E-state index contributed by atoms with van der Waals surface area (Å²) in [6.45, 7) is 6.99. The van der Waals surface area contributed by atoms with Crippen molar-refractivity contribution in [2.75, 3.05) is 7.05 Å². The van der Waals surface area contributed by atoms with Crippen LogP contribution in [0.1, 0.15) is 0 Å². The molecule has 0 heterocycles. The fourth-order valence-corrected chi connectivity index (χ4v) is 0.584. The van der Waals surface area contributed by atoms with Crippen molar-refractivity contribution in [3.63, 3.8) is 0 Å². The summed E-state index contributed by atoms with van der Waals surface area (Å²) in [7, 11) is 1.64. The summed E-state index contributed by atoms with van der Waals surface area (Å²) >= 11 is 0. The molecule has 0 aromatic carbocycles. The van der Waals surface area contributed by atoms with Gasteiger partial charge in [-0.3, -0.25) is 5.01 Å². The lowest BCUT2D eigenvalue weighted by atomic mass is 10.4. The van der Waals surface area contributed by atoms with Gasteiger partial charge in [-0.15, -0.1) is 0 Å². The molecule has 0 saturated heterocycles. The van der Waals surface area contributed by atoms with Crippen molar-refractivity contribution < 1.29 is 0 Å². The Morgan fingerprint density at radius 2 is 2.08 bits per heavy atom. The second kappa shape index (κ2) is 5.15. The highest BCUT2D eigenvalue weighted by atomic mass is 15.4. The van der Waals surface area contributed by atoms with Crippen LogP contribution in [0, 0.1) is 0 Å². The maximum Gasteiger partial charge on any atom is 0.165 e. The smallest absolute Gasteiger partial charge is 0.165 e. The monoisotopic (exact) mass is 166 g/mol. The maximum atomic E-state index is 5.55. The van der Waals surface area contributed by atoms with Crippen molar-refractivity contribution >= 4 is 6.21 Å². The lowest BCUT2D eigenvalue weighted by Gasteiger charge is -2.13. The van der Waals surface area contributed by atoms with E-state index in [2.05, 4.69) is 18.2 Å². The zero-order chi connectivity index (χ0) is 9.56. The summed E-state index contributed by atoms with van der Waals surface area (Å²) in [5.74, 6) is 5.92. The first-order valence-electron chi connectivity index (χ1n) is 3.39. The Bertz CT molecular complexity index is 225. The molecule has 12 heavy (non-hydrogen) atoms. The summed E-state index contributed by atoms with van der Waals surface area (Å²) in [5.41, 5.74) is 5.98. The van der Waals surface area contributed by atoms with Crippen molar-refractivity contribution in [2.45, 2.75) is 0 Å². The molecule has 0 aromatic heterocycles. The number of aliphatic imine (C=N–C) groups is 1. The van der Waals surface area contributed by atoms with E-state index in [0.29, 0.717) is 11.5 Å². The highest BCUT2D eigenvalue weighted by Crippen LogP contribution is 2.02. The Balaban J connectivity index is 4.77. The number of hydrogen-bond donors (Lipinski definition) is 2. The fraction of sp³-hybridized carbons (Fsp3) is 0.125. The number of nitrogens with zero attached hydrogens (tertiary/aromatic N) is 2. The molecule has 0 saturated carbocycles. The van der Waals surface area contributed by atoms with E-state index < -0.39 is 0 Å². The standard InChI is InChI=1S/C8H14N4/c1-4-6-11-8(12(3)10)7(9)5-2/h4-6H,1-2,9-10H2,3H3/b8-7+,11-6?. The van der Waals surface area contributed by atoms with E-state index >= 15 is 0 Å². The molecule has 0 unspecified atom stereocenters. The SMILES string of the molecule is C=CC=N/C(=C(\N)C=C)N(C)N. The van der Waals surface area contributed by atoms with Gasteiger partial charge >= 0.3 is 0 Å². The first-order chi connectivity index (χ1) is 5.63. The molecule has 0 fully saturated rings. The predicted octanol–water partition coefficient (Wildman–Crippen LogP) is 0.362. The second-order valence-electron chi connectivity index (χ2n) is 2.11. The number of nitrogens with two attached hydrogens (primary N) is 2. The predicted molar refractivity (Wildman–Crippen MR) is 52.0 cm³/mol. The topological polar surface area (TPSA) is 67.6 Å². The first kappa shape index (κ1) is 10.4. The molecule has 0 aromatic rings. The fourth-order valence-electron chi connectivity index (χ4n) is 0.584. The maximum absolute atomic E-state index is 5.55. The van der Waals surface area contributed by atoms with Gasteiger partial charge in [0.25, 0.3) is 0 Å². The summed E-state index contributed by atoms with van der Waals surface area (Å²) in [6.07, 6.45) is 4.54. The summed E-state index contributed by atoms with van der Waals surface area (Å²) in [6, 6.07) is 0. The molecular weight excluding hydrogens is 152 g/mol. The van der Waals surface area contributed by atoms with Crippen LogP contribution < -0.4 is 11.6 Å². The zero-order valence-corrected chi connectivity index (χ0v) is 7.20. The molecule has 4 heteroatoms. The Morgan fingerprint density at radius 3 is 2.42 bits per heavy atom. The number of rotatable bonds is 4. The van der Waals surface area contributed by atoms with Crippen molar-refractivity contribution in [3.8, 4) is 0 Å². The van der Waals surface area contributed by atoms with Crippen LogP contribution in [0.2, 0.25) is 0 Å². The Morgan fingerprint density at radius 1 is 1.50 bits per heavy atom. The average Bonchev–Trinajstić information content (AvgIpc) is 2.04. The third kappa shape index (κ3) is 3.03. The van der Waals surface area contributed by atoms with Crippen LogP contribution in [0.15, 0.2) is 41.8 Å². The van der Waals surface area contributed by atoms with Gasteiger partial charge in [-0.05, 0) is 6.08 Å². The summed E-state index contributed by atoms with van der Waals surface area (Å²) in [4.78, 5) is 3.95. The molecule has 0 aliphatic carbocycles. The van der Waals surface area contributed by atoms with Gasteiger partial charge in [0.15, 0.2) is 5.82 Å². The van der Waals surface area contributed by atoms with E-state index in [0.717, 1.165) is 0 Å². The molecule has 0 bridgehead atoms. The number of hydrazine groups is 1. The molecule has 0 atom stereocenters. The van der Waals surface area contributed by atoms with E-state index in [1.165, 1.54) is 17.3 Å². The van der Waals surface area contributed by atoms with E-state index in [1.807, 2.05) is 0 Å². The Labute approximate surface area is 72.5 Å². The Kier molecular flexibility index (Phi) is 4.48. The normalized spacial score (nSPS) is 12.5. The molecule has 0 spiro atoms. The van der Waals surface area contributed by atoms with Crippen LogP contribution in [0.25, 0.3) is 0 Å². The minimum atomic E-state index is 0.429. The van der Waals surface area contributed by atoms with Crippen LogP contribution in [0.4, 0.5) is 0 Å². The molecule has 0 aliphatic heterocycles. The van der Waals surface area contributed by atoms with E-state index in [9.17, 15) is 0 Å². The van der Waals surface area contributed by atoms with Crippen molar-refractivity contribution in [1.82, 2.24) is 5.01 Å². The van der Waals surface area contributed by atoms with Gasteiger partial charge in [0, 0.05) is 13.3 Å². The van der Waals surface area contributed by atoms with Gasteiger partial charge < -0.3 is 5.73 Å². The van der Waals surface area contributed by atoms with Crippen molar-refractivity contribution in [3.05, 3.63) is 36.8 Å². The molecule has 66 valence electrons. The van der Waals surface area contributed by atoms with Crippen LogP contribution in [0.5, 0.6) is 0 Å². The minimum absolute atomic E-state index is 0.429. The van der Waals surface area contributed by atoms with Crippen LogP contribution in [-0.4, -0.2) is 18.3 Å². The quantitative estimate of drug-likeness (QED) is 0.274. The van der Waals surface area contributed by atoms with Gasteiger partial charge in [-0.1, -0.05) is 19.2 Å². The number of hydrogen-bond acceptors (Lipinski definition) is 4. The largest absolute Gasteiger partial charge is 0.396 e. The van der Waals surface area contributed by atoms with Gasteiger partial charge in [0.05, 0.1) is 5.70 Å². The molecule has 4 N–H and O–H groups in total. The third-order valence-corrected chi connectivity index (χ3v) is 1.11. The van der Waals surface area contributed by atoms with E-state index in [1.54, 1.807) is 13.1 Å². The highest BCUT2D eigenvalue weighted by Gasteiger charge is 1.99.